The molecule has 0 aliphatic rings. The summed E-state index contributed by atoms with van der Waals surface area (Å²) in [4.78, 5) is 4.24. The molecule has 0 aliphatic carbocycles. The highest BCUT2D eigenvalue weighted by molar-refractivity contribution is 7.98. The van der Waals surface area contributed by atoms with Crippen LogP contribution in [-0.2, 0) is 0 Å². The zero-order chi connectivity index (χ0) is 7.56. The lowest BCUT2D eigenvalue weighted by Crippen LogP contribution is -1.89. The van der Waals surface area contributed by atoms with E-state index in [1.807, 2.05) is 25.3 Å². The van der Waals surface area contributed by atoms with Crippen molar-refractivity contribution in [2.75, 3.05) is 12.0 Å². The fraction of sp³-hybridized carbons (Fsp3) is 0.286. The van der Waals surface area contributed by atoms with E-state index in [2.05, 4.69) is 4.98 Å². The Balaban J connectivity index is 3.06. The molecule has 0 unspecified atom stereocenters. The monoisotopic (exact) mass is 154 g/mol. The van der Waals surface area contributed by atoms with Crippen molar-refractivity contribution in [3.8, 4) is 0 Å². The van der Waals surface area contributed by atoms with E-state index in [1.54, 1.807) is 11.8 Å². The number of hydrogen-bond acceptors (Lipinski definition) is 3. The average molecular weight is 154 g/mol. The van der Waals surface area contributed by atoms with Crippen molar-refractivity contribution in [2.24, 2.45) is 0 Å². The molecule has 3 heteroatoms. The van der Waals surface area contributed by atoms with E-state index < -0.39 is 0 Å². The minimum absolute atomic E-state index is 0.789. The highest BCUT2D eigenvalue weighted by atomic mass is 32.2. The molecule has 0 amide bonds. The lowest BCUT2D eigenvalue weighted by molar-refractivity contribution is 1.07. The Kier molecular flexibility index (Phi) is 2.17. The molecule has 0 aliphatic heterocycles. The van der Waals surface area contributed by atoms with Crippen LogP contribution in [0.25, 0.3) is 0 Å². The number of thioether (sulfide) groups is 1. The summed E-state index contributed by atoms with van der Waals surface area (Å²) in [5.74, 6) is 0. The molecule has 0 bridgehead atoms. The van der Waals surface area contributed by atoms with Crippen LogP contribution in [0, 0.1) is 6.92 Å². The molecule has 54 valence electrons. The maximum Gasteiger partial charge on any atom is 0.0980 e. The van der Waals surface area contributed by atoms with Gasteiger partial charge in [-0.1, -0.05) is 0 Å². The van der Waals surface area contributed by atoms with Crippen molar-refractivity contribution in [3.63, 3.8) is 0 Å². The second-order valence-electron chi connectivity index (χ2n) is 2.08. The van der Waals surface area contributed by atoms with Gasteiger partial charge in [0.1, 0.15) is 0 Å². The molecule has 10 heavy (non-hydrogen) atoms. The Hall–Kier alpha value is -0.700. The van der Waals surface area contributed by atoms with Crippen LogP contribution in [-0.4, -0.2) is 11.2 Å². The van der Waals surface area contributed by atoms with E-state index in [-0.39, 0.29) is 0 Å². The minimum atomic E-state index is 0.789. The second kappa shape index (κ2) is 2.92. The van der Waals surface area contributed by atoms with Gasteiger partial charge in [0.15, 0.2) is 0 Å². The predicted octanol–water partition coefficient (Wildman–Crippen LogP) is 1.69. The van der Waals surface area contributed by atoms with Crippen LogP contribution in [0.5, 0.6) is 0 Å². The molecule has 0 saturated carbocycles. The van der Waals surface area contributed by atoms with Crippen molar-refractivity contribution in [1.29, 1.82) is 0 Å². The summed E-state index contributed by atoms with van der Waals surface area (Å²) < 4.78 is 0. The number of nitrogen functional groups attached to an aromatic ring is 1. The Labute approximate surface area is 64.8 Å². The molecular formula is C7H10N2S. The summed E-state index contributed by atoms with van der Waals surface area (Å²) >= 11 is 1.61. The molecule has 0 radical (unpaired) electrons. The first-order valence-electron chi connectivity index (χ1n) is 3.00. The standard InChI is InChI=1S/C7H10N2S/c1-5-3-6(8)4-7(9-5)10-2/h3-4H,1-2H3,(H2,8,9). The molecule has 2 N–H and O–H groups in total. The first-order valence-corrected chi connectivity index (χ1v) is 4.23. The predicted molar refractivity (Wildman–Crippen MR) is 45.2 cm³/mol. The van der Waals surface area contributed by atoms with Gasteiger partial charge >= 0.3 is 0 Å². The molecule has 0 aromatic carbocycles. The van der Waals surface area contributed by atoms with E-state index in [4.69, 9.17) is 5.73 Å². The molecule has 2 nitrogen and oxygen atoms in total. The van der Waals surface area contributed by atoms with Gasteiger partial charge < -0.3 is 5.73 Å². The topological polar surface area (TPSA) is 38.9 Å². The third-order valence-electron chi connectivity index (χ3n) is 1.16. The first kappa shape index (κ1) is 7.41. The van der Waals surface area contributed by atoms with Crippen molar-refractivity contribution >= 4 is 17.4 Å². The number of anilines is 1. The number of nitrogens with zero attached hydrogens (tertiary/aromatic N) is 1. The maximum absolute atomic E-state index is 5.58. The van der Waals surface area contributed by atoms with Crippen molar-refractivity contribution in [3.05, 3.63) is 17.8 Å². The fourth-order valence-corrected chi connectivity index (χ4v) is 1.26. The van der Waals surface area contributed by atoms with E-state index in [0.29, 0.717) is 0 Å². The summed E-state index contributed by atoms with van der Waals surface area (Å²) in [5, 5.41) is 0.984. The summed E-state index contributed by atoms with van der Waals surface area (Å²) in [5.41, 5.74) is 7.35. The summed E-state index contributed by atoms with van der Waals surface area (Å²) in [6, 6.07) is 3.73. The minimum Gasteiger partial charge on any atom is -0.399 e. The highest BCUT2D eigenvalue weighted by Gasteiger charge is 1.93. The largest absolute Gasteiger partial charge is 0.399 e. The molecule has 0 spiro atoms. The summed E-state index contributed by atoms with van der Waals surface area (Å²) in [6.45, 7) is 1.94. The Morgan fingerprint density at radius 1 is 1.50 bits per heavy atom. The summed E-state index contributed by atoms with van der Waals surface area (Å²) in [7, 11) is 0. The molecule has 1 rings (SSSR count). The quantitative estimate of drug-likeness (QED) is 0.626. The number of rotatable bonds is 1. The average Bonchev–Trinajstić information content (AvgIpc) is 1.85. The SMILES string of the molecule is CSc1cc(N)cc(C)n1. The molecule has 1 heterocycles. The van der Waals surface area contributed by atoms with Gasteiger partial charge in [0.2, 0.25) is 0 Å². The highest BCUT2D eigenvalue weighted by Crippen LogP contribution is 2.15. The molecule has 0 atom stereocenters. The van der Waals surface area contributed by atoms with Crippen LogP contribution >= 0.6 is 11.8 Å². The number of nitrogens with two attached hydrogens (primary N) is 1. The number of hydrogen-bond donors (Lipinski definition) is 1. The Morgan fingerprint density at radius 3 is 2.70 bits per heavy atom. The van der Waals surface area contributed by atoms with Crippen LogP contribution in [0.4, 0.5) is 5.69 Å². The van der Waals surface area contributed by atoms with Crippen LogP contribution in [0.2, 0.25) is 0 Å². The van der Waals surface area contributed by atoms with E-state index in [9.17, 15) is 0 Å². The van der Waals surface area contributed by atoms with E-state index in [1.165, 1.54) is 0 Å². The van der Waals surface area contributed by atoms with Gasteiger partial charge in [0.25, 0.3) is 0 Å². The lowest BCUT2D eigenvalue weighted by atomic mass is 10.3. The summed E-state index contributed by atoms with van der Waals surface area (Å²) in [6.07, 6.45) is 1.99. The zero-order valence-electron chi connectivity index (χ0n) is 6.09. The van der Waals surface area contributed by atoms with Gasteiger partial charge in [0.05, 0.1) is 5.03 Å². The Bertz CT molecular complexity index is 215. The van der Waals surface area contributed by atoms with Crippen molar-refractivity contribution in [2.45, 2.75) is 11.9 Å². The van der Waals surface area contributed by atoms with Gasteiger partial charge in [0, 0.05) is 11.4 Å². The third-order valence-corrected chi connectivity index (χ3v) is 1.79. The number of aryl methyl sites for hydroxylation is 1. The molecule has 1 aromatic rings. The van der Waals surface area contributed by atoms with Crippen molar-refractivity contribution in [1.82, 2.24) is 4.98 Å². The van der Waals surface area contributed by atoms with Gasteiger partial charge in [-0.15, -0.1) is 11.8 Å². The maximum atomic E-state index is 5.58. The van der Waals surface area contributed by atoms with Crippen molar-refractivity contribution < 1.29 is 0 Å². The first-order chi connectivity index (χ1) is 4.72. The van der Waals surface area contributed by atoms with E-state index in [0.717, 1.165) is 16.4 Å². The van der Waals surface area contributed by atoms with Crippen LogP contribution < -0.4 is 5.73 Å². The van der Waals surface area contributed by atoms with Gasteiger partial charge in [-0.05, 0) is 25.3 Å². The van der Waals surface area contributed by atoms with Crippen LogP contribution in [0.3, 0.4) is 0 Å². The molecule has 0 saturated heterocycles. The fourth-order valence-electron chi connectivity index (χ4n) is 0.768. The molecular weight excluding hydrogens is 144 g/mol. The second-order valence-corrected chi connectivity index (χ2v) is 2.91. The van der Waals surface area contributed by atoms with Gasteiger partial charge in [-0.2, -0.15) is 0 Å². The number of pyridine rings is 1. The molecule has 0 fully saturated rings. The van der Waals surface area contributed by atoms with E-state index >= 15 is 0 Å². The van der Waals surface area contributed by atoms with Gasteiger partial charge in [-0.25, -0.2) is 4.98 Å². The van der Waals surface area contributed by atoms with Crippen LogP contribution in [0.1, 0.15) is 5.69 Å². The normalized spacial score (nSPS) is 9.80. The smallest absolute Gasteiger partial charge is 0.0980 e. The lowest BCUT2D eigenvalue weighted by Gasteiger charge is -1.98. The zero-order valence-corrected chi connectivity index (χ0v) is 6.90. The number of aromatic nitrogens is 1. The Morgan fingerprint density at radius 2 is 2.20 bits per heavy atom. The van der Waals surface area contributed by atoms with Crippen LogP contribution in [0.15, 0.2) is 17.2 Å². The molecule has 1 aromatic heterocycles. The third kappa shape index (κ3) is 1.64. The van der Waals surface area contributed by atoms with Gasteiger partial charge in [-0.3, -0.25) is 0 Å².